The molecule has 0 saturated heterocycles. The van der Waals surface area contributed by atoms with Crippen molar-refractivity contribution in [2.45, 2.75) is 37.5 Å². The van der Waals surface area contributed by atoms with Crippen molar-refractivity contribution in [2.75, 3.05) is 5.32 Å². The fourth-order valence-corrected chi connectivity index (χ4v) is 3.17. The van der Waals surface area contributed by atoms with Crippen LogP contribution in [0, 0.1) is 5.82 Å². The molecule has 90 valence electrons. The van der Waals surface area contributed by atoms with E-state index in [-0.39, 0.29) is 11.7 Å². The number of hydrogen-bond donors (Lipinski definition) is 2. The first-order chi connectivity index (χ1) is 8.13. The van der Waals surface area contributed by atoms with Crippen molar-refractivity contribution in [3.63, 3.8) is 0 Å². The minimum absolute atomic E-state index is 0.114. The Bertz CT molecular complexity index is 492. The third-order valence-corrected chi connectivity index (χ3v) is 3.94. The van der Waals surface area contributed by atoms with E-state index in [1.54, 1.807) is 0 Å². The summed E-state index contributed by atoms with van der Waals surface area (Å²) in [4.78, 5) is 12.1. The fourth-order valence-electron chi connectivity index (χ4n) is 3.17. The molecule has 1 fully saturated rings. The normalized spacial score (nSPS) is 21.4. The highest BCUT2D eigenvalue weighted by Crippen LogP contribution is 2.49. The third kappa shape index (κ3) is 1.36. The number of benzene rings is 1. The van der Waals surface area contributed by atoms with E-state index in [9.17, 15) is 14.3 Å². The number of anilines is 1. The first-order valence-corrected chi connectivity index (χ1v) is 5.98. The lowest BCUT2D eigenvalue weighted by Gasteiger charge is -2.31. The minimum atomic E-state index is -0.689. The summed E-state index contributed by atoms with van der Waals surface area (Å²) in [6.07, 6.45) is 4.41. The summed E-state index contributed by atoms with van der Waals surface area (Å²) in [5, 5.41) is 12.1. The second-order valence-electron chi connectivity index (χ2n) is 4.95. The number of phenols is 1. The van der Waals surface area contributed by atoms with Crippen LogP contribution in [-0.4, -0.2) is 11.0 Å². The molecule has 1 aromatic rings. The fraction of sp³-hybridized carbons (Fsp3) is 0.462. The lowest BCUT2D eigenvalue weighted by atomic mass is 9.70. The average Bonchev–Trinajstić information content (AvgIpc) is 2.53. The predicted octanol–water partition coefficient (Wildman–Crippen LogP) is 2.69. The molecule has 1 spiro atoms. The van der Waals surface area contributed by atoms with Crippen molar-refractivity contribution in [3.05, 3.63) is 23.5 Å². The summed E-state index contributed by atoms with van der Waals surface area (Å²) >= 11 is 0. The second kappa shape index (κ2) is 3.45. The lowest BCUT2D eigenvalue weighted by molar-refractivity contribution is -0.122. The van der Waals surface area contributed by atoms with Gasteiger partial charge in [-0.15, -0.1) is 0 Å². The molecular weight excluding hydrogens is 221 g/mol. The molecule has 1 amide bonds. The number of carbonyl (C=O) groups is 1. The Hall–Kier alpha value is -1.58. The van der Waals surface area contributed by atoms with Gasteiger partial charge in [-0.2, -0.15) is 0 Å². The molecule has 0 atom stereocenters. The molecule has 0 radical (unpaired) electrons. The van der Waals surface area contributed by atoms with Crippen molar-refractivity contribution < 1.29 is 14.3 Å². The summed E-state index contributed by atoms with van der Waals surface area (Å²) in [5.41, 5.74) is 0.208. The standard InChI is InChI=1S/C13H14FNO2/c14-9-6-8(16)7-10-11(9)13(12(17)15-10)4-2-1-3-5-13/h6-7,16H,1-5H2,(H,15,17). The number of nitrogens with one attached hydrogen (secondary N) is 1. The van der Waals surface area contributed by atoms with Crippen LogP contribution in [0.3, 0.4) is 0 Å². The van der Waals surface area contributed by atoms with Gasteiger partial charge in [-0.3, -0.25) is 4.79 Å². The molecule has 2 aliphatic rings. The van der Waals surface area contributed by atoms with Crippen LogP contribution in [0.1, 0.15) is 37.7 Å². The van der Waals surface area contributed by atoms with Gasteiger partial charge in [0.05, 0.1) is 11.1 Å². The van der Waals surface area contributed by atoms with Gasteiger partial charge in [0.25, 0.3) is 0 Å². The number of halogens is 1. The Balaban J connectivity index is 2.18. The van der Waals surface area contributed by atoms with Gasteiger partial charge in [-0.1, -0.05) is 19.3 Å². The Morgan fingerprint density at radius 2 is 1.94 bits per heavy atom. The Morgan fingerprint density at radius 1 is 1.24 bits per heavy atom. The summed E-state index contributed by atoms with van der Waals surface area (Å²) in [6, 6.07) is 2.52. The number of fused-ring (bicyclic) bond motifs is 2. The van der Waals surface area contributed by atoms with Crippen LogP contribution in [0.15, 0.2) is 12.1 Å². The second-order valence-corrected chi connectivity index (χ2v) is 4.95. The first kappa shape index (κ1) is 10.6. The van der Waals surface area contributed by atoms with Gasteiger partial charge < -0.3 is 10.4 Å². The molecule has 0 unspecified atom stereocenters. The summed E-state index contributed by atoms with van der Waals surface area (Å²) in [6.45, 7) is 0. The smallest absolute Gasteiger partial charge is 0.235 e. The quantitative estimate of drug-likeness (QED) is 0.726. The zero-order chi connectivity index (χ0) is 12.0. The van der Waals surface area contributed by atoms with E-state index in [0.717, 1.165) is 25.3 Å². The zero-order valence-electron chi connectivity index (χ0n) is 9.42. The third-order valence-electron chi connectivity index (χ3n) is 3.94. The topological polar surface area (TPSA) is 49.3 Å². The molecule has 4 heteroatoms. The zero-order valence-corrected chi connectivity index (χ0v) is 9.42. The SMILES string of the molecule is O=C1Nc2cc(O)cc(F)c2C12CCCCC2. The van der Waals surface area contributed by atoms with Crippen molar-refractivity contribution in [3.8, 4) is 5.75 Å². The molecule has 1 saturated carbocycles. The van der Waals surface area contributed by atoms with E-state index in [0.29, 0.717) is 24.1 Å². The van der Waals surface area contributed by atoms with Crippen LogP contribution in [0.2, 0.25) is 0 Å². The van der Waals surface area contributed by atoms with Crippen molar-refractivity contribution in [2.24, 2.45) is 0 Å². The summed E-state index contributed by atoms with van der Waals surface area (Å²) in [7, 11) is 0. The molecule has 1 aliphatic heterocycles. The van der Waals surface area contributed by atoms with Gasteiger partial charge in [-0.05, 0) is 12.8 Å². The molecule has 1 heterocycles. The van der Waals surface area contributed by atoms with Crippen LogP contribution in [-0.2, 0) is 10.2 Å². The van der Waals surface area contributed by atoms with Crippen LogP contribution in [0.25, 0.3) is 0 Å². The van der Waals surface area contributed by atoms with Crippen molar-refractivity contribution in [1.29, 1.82) is 0 Å². The lowest BCUT2D eigenvalue weighted by Crippen LogP contribution is -2.36. The highest BCUT2D eigenvalue weighted by atomic mass is 19.1. The molecule has 1 aromatic carbocycles. The van der Waals surface area contributed by atoms with Crippen molar-refractivity contribution >= 4 is 11.6 Å². The first-order valence-electron chi connectivity index (χ1n) is 5.98. The van der Waals surface area contributed by atoms with Crippen LogP contribution >= 0.6 is 0 Å². The molecule has 1 aliphatic carbocycles. The van der Waals surface area contributed by atoms with E-state index < -0.39 is 11.2 Å². The molecule has 17 heavy (non-hydrogen) atoms. The largest absolute Gasteiger partial charge is 0.508 e. The highest BCUT2D eigenvalue weighted by molar-refractivity contribution is 6.06. The van der Waals surface area contributed by atoms with Gasteiger partial charge in [0.2, 0.25) is 5.91 Å². The molecule has 0 bridgehead atoms. The number of carbonyl (C=O) groups excluding carboxylic acids is 1. The molecular formula is C13H14FNO2. The van der Waals surface area contributed by atoms with E-state index in [4.69, 9.17) is 0 Å². The number of aromatic hydroxyl groups is 1. The van der Waals surface area contributed by atoms with Gasteiger partial charge in [0, 0.05) is 17.7 Å². The van der Waals surface area contributed by atoms with E-state index in [1.807, 2.05) is 0 Å². The van der Waals surface area contributed by atoms with Gasteiger partial charge in [0.15, 0.2) is 0 Å². The van der Waals surface area contributed by atoms with Gasteiger partial charge in [-0.25, -0.2) is 4.39 Å². The van der Waals surface area contributed by atoms with E-state index in [1.165, 1.54) is 6.07 Å². The highest BCUT2D eigenvalue weighted by Gasteiger charge is 2.49. The van der Waals surface area contributed by atoms with E-state index >= 15 is 0 Å². The van der Waals surface area contributed by atoms with Crippen LogP contribution in [0.4, 0.5) is 10.1 Å². The number of rotatable bonds is 0. The van der Waals surface area contributed by atoms with Crippen LogP contribution in [0.5, 0.6) is 5.75 Å². The Kier molecular flexibility index (Phi) is 2.15. The average molecular weight is 235 g/mol. The monoisotopic (exact) mass is 235 g/mol. The Morgan fingerprint density at radius 3 is 2.65 bits per heavy atom. The molecule has 2 N–H and O–H groups in total. The van der Waals surface area contributed by atoms with Crippen LogP contribution < -0.4 is 5.32 Å². The van der Waals surface area contributed by atoms with Gasteiger partial charge in [0.1, 0.15) is 11.6 Å². The molecule has 3 nitrogen and oxygen atoms in total. The number of hydrogen-bond acceptors (Lipinski definition) is 2. The molecule has 0 aromatic heterocycles. The summed E-state index contributed by atoms with van der Waals surface area (Å²) < 4.78 is 14.0. The maximum atomic E-state index is 14.0. The Labute approximate surface area is 98.6 Å². The van der Waals surface area contributed by atoms with E-state index in [2.05, 4.69) is 5.32 Å². The van der Waals surface area contributed by atoms with Crippen molar-refractivity contribution in [1.82, 2.24) is 0 Å². The number of phenolic OH excluding ortho intramolecular Hbond substituents is 1. The summed E-state index contributed by atoms with van der Waals surface area (Å²) in [5.74, 6) is -0.730. The number of amides is 1. The molecule has 3 rings (SSSR count). The maximum Gasteiger partial charge on any atom is 0.235 e. The van der Waals surface area contributed by atoms with Gasteiger partial charge >= 0.3 is 0 Å². The predicted molar refractivity (Wildman–Crippen MR) is 61.5 cm³/mol. The minimum Gasteiger partial charge on any atom is -0.508 e. The maximum absolute atomic E-state index is 14.0.